The third-order valence-electron chi connectivity index (χ3n) is 2.22. The fourth-order valence-electron chi connectivity index (χ4n) is 1.53. The average molecular weight is 219 g/mol. The molecule has 0 aliphatic carbocycles. The number of hydrogen-bond acceptors (Lipinski definition) is 5. The number of nitrogens with zero attached hydrogens (tertiary/aromatic N) is 5. The fourth-order valence-corrected chi connectivity index (χ4v) is 1.53. The highest BCUT2D eigenvalue weighted by Crippen LogP contribution is 2.15. The molecular weight excluding hydrogens is 206 g/mol. The van der Waals surface area contributed by atoms with E-state index in [1.807, 2.05) is 4.90 Å². The third-order valence-corrected chi connectivity index (χ3v) is 2.22. The van der Waals surface area contributed by atoms with Crippen LogP contribution in [0.5, 0.6) is 0 Å². The Balaban J connectivity index is 2.42. The molecule has 2 aromatic rings. The molecule has 0 aromatic carbocycles. The van der Waals surface area contributed by atoms with E-state index in [0.29, 0.717) is 24.6 Å². The molecule has 2 aromatic heterocycles. The van der Waals surface area contributed by atoms with Crippen LogP contribution in [0.2, 0.25) is 0 Å². The van der Waals surface area contributed by atoms with Crippen molar-refractivity contribution < 1.29 is 5.11 Å². The molecular formula is C10H13N5O. The van der Waals surface area contributed by atoms with E-state index in [-0.39, 0.29) is 6.61 Å². The molecule has 0 fully saturated rings. The van der Waals surface area contributed by atoms with E-state index >= 15 is 0 Å². The van der Waals surface area contributed by atoms with Crippen LogP contribution in [0.1, 0.15) is 0 Å². The summed E-state index contributed by atoms with van der Waals surface area (Å²) in [6.07, 6.45) is 6.84. The maximum Gasteiger partial charge on any atom is 0.203 e. The molecule has 6 nitrogen and oxygen atoms in total. The molecule has 0 saturated heterocycles. The summed E-state index contributed by atoms with van der Waals surface area (Å²) in [5.41, 5.74) is 0.679. The third kappa shape index (κ3) is 1.87. The number of rotatable bonds is 5. The van der Waals surface area contributed by atoms with E-state index in [1.54, 1.807) is 29.2 Å². The number of aliphatic hydroxyl groups excluding tert-OH is 1. The molecule has 16 heavy (non-hydrogen) atoms. The quantitative estimate of drug-likeness (QED) is 0.723. The van der Waals surface area contributed by atoms with Gasteiger partial charge in [0.1, 0.15) is 6.33 Å². The molecule has 2 heterocycles. The van der Waals surface area contributed by atoms with Crippen molar-refractivity contribution in [2.75, 3.05) is 24.6 Å². The lowest BCUT2D eigenvalue weighted by Gasteiger charge is -2.20. The predicted molar refractivity (Wildman–Crippen MR) is 60.3 cm³/mol. The van der Waals surface area contributed by atoms with Gasteiger partial charge in [0.15, 0.2) is 5.82 Å². The highest BCUT2D eigenvalue weighted by Gasteiger charge is 2.11. The molecule has 2 rings (SSSR count). The standard InChI is InChI=1S/C10H13N5O/c1-2-4-14(6-7-16)9-10-13-12-8-15(10)5-3-11-9/h2-3,5,8,16H,1,4,6-7H2. The number of aromatic nitrogens is 4. The van der Waals surface area contributed by atoms with E-state index in [9.17, 15) is 0 Å². The monoisotopic (exact) mass is 219 g/mol. The maximum absolute atomic E-state index is 9.00. The van der Waals surface area contributed by atoms with Gasteiger partial charge in [0, 0.05) is 25.5 Å². The Hall–Kier alpha value is -1.95. The lowest BCUT2D eigenvalue weighted by molar-refractivity contribution is 0.302. The molecule has 0 atom stereocenters. The van der Waals surface area contributed by atoms with Gasteiger partial charge >= 0.3 is 0 Å². The first-order valence-electron chi connectivity index (χ1n) is 4.98. The van der Waals surface area contributed by atoms with Crippen molar-refractivity contribution in [1.29, 1.82) is 0 Å². The van der Waals surface area contributed by atoms with Crippen molar-refractivity contribution >= 4 is 11.5 Å². The maximum atomic E-state index is 9.00. The van der Waals surface area contributed by atoms with Crippen LogP contribution < -0.4 is 4.90 Å². The molecule has 0 spiro atoms. The summed E-state index contributed by atoms with van der Waals surface area (Å²) in [4.78, 5) is 6.16. The van der Waals surface area contributed by atoms with Crippen LogP contribution in [0.4, 0.5) is 5.82 Å². The van der Waals surface area contributed by atoms with Crippen LogP contribution >= 0.6 is 0 Å². The summed E-state index contributed by atoms with van der Waals surface area (Å²) < 4.78 is 1.79. The molecule has 6 heteroatoms. The van der Waals surface area contributed by atoms with Crippen LogP contribution in [-0.4, -0.2) is 44.4 Å². The molecule has 0 amide bonds. The van der Waals surface area contributed by atoms with Crippen LogP contribution in [-0.2, 0) is 0 Å². The number of hydrogen-bond donors (Lipinski definition) is 1. The molecule has 0 saturated carbocycles. The minimum atomic E-state index is 0.0602. The van der Waals surface area contributed by atoms with Gasteiger partial charge in [-0.1, -0.05) is 6.08 Å². The van der Waals surface area contributed by atoms with Crippen molar-refractivity contribution in [2.45, 2.75) is 0 Å². The zero-order chi connectivity index (χ0) is 11.4. The van der Waals surface area contributed by atoms with Gasteiger partial charge in [0.05, 0.1) is 6.61 Å². The minimum Gasteiger partial charge on any atom is -0.395 e. The second kappa shape index (κ2) is 4.71. The van der Waals surface area contributed by atoms with Gasteiger partial charge in [-0.05, 0) is 0 Å². The first-order valence-corrected chi connectivity index (χ1v) is 4.98. The van der Waals surface area contributed by atoms with Crippen molar-refractivity contribution in [1.82, 2.24) is 19.6 Å². The van der Waals surface area contributed by atoms with E-state index in [2.05, 4.69) is 21.8 Å². The Bertz CT molecular complexity index is 481. The SMILES string of the molecule is C=CCN(CCO)c1nccn2cnnc12. The minimum absolute atomic E-state index is 0.0602. The normalized spacial score (nSPS) is 10.6. The lowest BCUT2D eigenvalue weighted by Crippen LogP contribution is -2.28. The van der Waals surface area contributed by atoms with Crippen molar-refractivity contribution in [3.63, 3.8) is 0 Å². The highest BCUT2D eigenvalue weighted by molar-refractivity contribution is 5.63. The Morgan fingerprint density at radius 2 is 2.44 bits per heavy atom. The predicted octanol–water partition coefficient (Wildman–Crippen LogP) is 0.109. The summed E-state index contributed by atoms with van der Waals surface area (Å²) in [5.74, 6) is 0.703. The topological polar surface area (TPSA) is 66.5 Å². The van der Waals surface area contributed by atoms with Crippen LogP contribution in [0.15, 0.2) is 31.4 Å². The smallest absolute Gasteiger partial charge is 0.203 e. The molecule has 0 unspecified atom stereocenters. The summed E-state index contributed by atoms with van der Waals surface area (Å²) >= 11 is 0. The Kier molecular flexibility index (Phi) is 3.11. The van der Waals surface area contributed by atoms with Gasteiger partial charge in [-0.2, -0.15) is 0 Å². The molecule has 0 radical (unpaired) electrons. The number of anilines is 1. The number of aliphatic hydroxyl groups is 1. The molecule has 84 valence electrons. The van der Waals surface area contributed by atoms with Crippen LogP contribution in [0.3, 0.4) is 0 Å². The zero-order valence-electron chi connectivity index (χ0n) is 8.82. The Morgan fingerprint density at radius 1 is 1.56 bits per heavy atom. The van der Waals surface area contributed by atoms with Crippen molar-refractivity contribution in [3.05, 3.63) is 31.4 Å². The Morgan fingerprint density at radius 3 is 3.19 bits per heavy atom. The summed E-state index contributed by atoms with van der Waals surface area (Å²) in [6, 6.07) is 0. The number of fused-ring (bicyclic) bond motifs is 1. The molecule has 0 aliphatic heterocycles. The molecule has 0 bridgehead atoms. The van der Waals surface area contributed by atoms with Gasteiger partial charge in [-0.3, -0.25) is 4.40 Å². The zero-order valence-corrected chi connectivity index (χ0v) is 8.82. The van der Waals surface area contributed by atoms with Gasteiger partial charge in [-0.25, -0.2) is 4.98 Å². The average Bonchev–Trinajstić information content (AvgIpc) is 2.76. The molecule has 1 N–H and O–H groups in total. The van der Waals surface area contributed by atoms with Gasteiger partial charge in [-0.15, -0.1) is 16.8 Å². The molecule has 0 aliphatic rings. The highest BCUT2D eigenvalue weighted by atomic mass is 16.3. The van der Waals surface area contributed by atoms with Crippen molar-refractivity contribution in [3.8, 4) is 0 Å². The first kappa shape index (κ1) is 10.6. The van der Waals surface area contributed by atoms with Gasteiger partial charge < -0.3 is 10.0 Å². The van der Waals surface area contributed by atoms with E-state index in [4.69, 9.17) is 5.11 Å². The summed E-state index contributed by atoms with van der Waals surface area (Å²) in [7, 11) is 0. The largest absolute Gasteiger partial charge is 0.395 e. The van der Waals surface area contributed by atoms with Crippen molar-refractivity contribution in [2.24, 2.45) is 0 Å². The first-order chi connectivity index (χ1) is 7.86. The van der Waals surface area contributed by atoms with Gasteiger partial charge in [0.2, 0.25) is 5.65 Å². The van der Waals surface area contributed by atoms with E-state index in [0.717, 1.165) is 0 Å². The fraction of sp³-hybridized carbons (Fsp3) is 0.300. The second-order valence-corrected chi connectivity index (χ2v) is 3.27. The summed E-state index contributed by atoms with van der Waals surface area (Å²) in [5, 5.41) is 16.8. The summed E-state index contributed by atoms with van der Waals surface area (Å²) in [6.45, 7) is 4.85. The lowest BCUT2D eigenvalue weighted by atomic mass is 10.4. The van der Waals surface area contributed by atoms with Crippen LogP contribution in [0, 0.1) is 0 Å². The second-order valence-electron chi connectivity index (χ2n) is 3.27. The van der Waals surface area contributed by atoms with Crippen LogP contribution in [0.25, 0.3) is 5.65 Å². The van der Waals surface area contributed by atoms with E-state index < -0.39 is 0 Å². The Labute approximate surface area is 92.9 Å². The van der Waals surface area contributed by atoms with Gasteiger partial charge in [0.25, 0.3) is 0 Å². The van der Waals surface area contributed by atoms with E-state index in [1.165, 1.54) is 0 Å².